The van der Waals surface area contributed by atoms with Gasteiger partial charge in [0.05, 0.1) is 0 Å². The molecule has 0 fully saturated rings. The average Bonchev–Trinajstić information content (AvgIpc) is 2.61. The number of guanidine groups is 1. The Morgan fingerprint density at radius 1 is 0.839 bits per heavy atom. The molecule has 0 aromatic rings. The van der Waals surface area contributed by atoms with E-state index in [1.54, 1.807) is 0 Å². The molecule has 8 N–H and O–H groups in total. The lowest BCUT2D eigenvalue weighted by atomic mass is 10.00. The number of rotatable bonds is 14. The Morgan fingerprint density at radius 2 is 1.32 bits per heavy atom. The lowest BCUT2D eigenvalue weighted by Crippen LogP contribution is -2.56. The zero-order valence-electron chi connectivity index (χ0n) is 19.1. The fourth-order valence-electron chi connectivity index (χ4n) is 2.96. The minimum Gasteiger partial charge on any atom is -0.480 e. The minimum absolute atomic E-state index is 0.0607. The van der Waals surface area contributed by atoms with Crippen LogP contribution < -0.4 is 27.4 Å². The van der Waals surface area contributed by atoms with Crippen molar-refractivity contribution in [2.75, 3.05) is 6.54 Å². The first kappa shape index (κ1) is 28.1. The highest BCUT2D eigenvalue weighted by atomic mass is 16.4. The Labute approximate surface area is 183 Å². The molecule has 0 aliphatic carbocycles. The molecule has 11 heteroatoms. The van der Waals surface area contributed by atoms with E-state index in [4.69, 9.17) is 11.5 Å². The van der Waals surface area contributed by atoms with Gasteiger partial charge in [0.2, 0.25) is 17.7 Å². The second-order valence-electron chi connectivity index (χ2n) is 8.42. The smallest absolute Gasteiger partial charge is 0.326 e. The van der Waals surface area contributed by atoms with Crippen LogP contribution in [0.15, 0.2) is 4.99 Å². The molecule has 31 heavy (non-hydrogen) atoms. The molecule has 0 aromatic heterocycles. The number of carboxylic acids is 1. The van der Waals surface area contributed by atoms with Crippen molar-refractivity contribution >= 4 is 29.7 Å². The number of amides is 3. The van der Waals surface area contributed by atoms with E-state index in [9.17, 15) is 24.3 Å². The molecule has 3 atom stereocenters. The molecule has 0 bridgehead atoms. The number of aliphatic imine (C=N–C) groups is 1. The van der Waals surface area contributed by atoms with Gasteiger partial charge in [-0.25, -0.2) is 4.79 Å². The van der Waals surface area contributed by atoms with Gasteiger partial charge < -0.3 is 32.5 Å². The molecule has 0 saturated heterocycles. The van der Waals surface area contributed by atoms with Gasteiger partial charge in [0, 0.05) is 13.5 Å². The molecule has 0 rings (SSSR count). The lowest BCUT2D eigenvalue weighted by molar-refractivity contribution is -0.143. The molecule has 0 spiro atoms. The van der Waals surface area contributed by atoms with Crippen LogP contribution in [0.4, 0.5) is 0 Å². The van der Waals surface area contributed by atoms with Gasteiger partial charge in [-0.15, -0.1) is 0 Å². The quantitative estimate of drug-likeness (QED) is 0.121. The molecule has 11 nitrogen and oxygen atoms in total. The first-order valence-corrected chi connectivity index (χ1v) is 10.5. The van der Waals surface area contributed by atoms with Gasteiger partial charge in [-0.2, -0.15) is 0 Å². The third-order valence-corrected chi connectivity index (χ3v) is 4.30. The van der Waals surface area contributed by atoms with Gasteiger partial charge in [-0.3, -0.25) is 19.4 Å². The second-order valence-corrected chi connectivity index (χ2v) is 8.42. The van der Waals surface area contributed by atoms with Crippen molar-refractivity contribution in [3.8, 4) is 0 Å². The summed E-state index contributed by atoms with van der Waals surface area (Å²) in [6.45, 7) is 9.06. The number of carbonyl (C=O) groups is 4. The minimum atomic E-state index is -1.13. The summed E-state index contributed by atoms with van der Waals surface area (Å²) < 4.78 is 0. The summed E-state index contributed by atoms with van der Waals surface area (Å²) in [6, 6.07) is -2.86. The van der Waals surface area contributed by atoms with Crippen LogP contribution in [0.1, 0.15) is 60.3 Å². The molecular formula is C20H38N6O5. The maximum Gasteiger partial charge on any atom is 0.326 e. The average molecular weight is 443 g/mol. The van der Waals surface area contributed by atoms with Crippen molar-refractivity contribution < 1.29 is 24.3 Å². The Kier molecular flexibility index (Phi) is 12.9. The zero-order valence-corrected chi connectivity index (χ0v) is 19.1. The van der Waals surface area contributed by atoms with Gasteiger partial charge in [0.1, 0.15) is 18.1 Å². The first-order chi connectivity index (χ1) is 14.3. The lowest BCUT2D eigenvalue weighted by Gasteiger charge is -2.25. The van der Waals surface area contributed by atoms with Crippen molar-refractivity contribution in [2.24, 2.45) is 28.3 Å². The number of aliphatic carboxylic acids is 1. The molecule has 0 saturated carbocycles. The van der Waals surface area contributed by atoms with E-state index >= 15 is 0 Å². The SMILES string of the molecule is CC(=O)N[C@@H](CCCN=C(N)N)C(=O)N[C@@H](CC(C)C)C(=O)N[C@@H](CC(C)C)C(=O)O. The second kappa shape index (κ2) is 14.2. The predicted octanol–water partition coefficient (Wildman–Crippen LogP) is -0.309. The predicted molar refractivity (Wildman–Crippen MR) is 118 cm³/mol. The Bertz CT molecular complexity index is 646. The van der Waals surface area contributed by atoms with Crippen LogP contribution in [-0.4, -0.2) is 59.4 Å². The molecular weight excluding hydrogens is 404 g/mol. The van der Waals surface area contributed by atoms with Gasteiger partial charge >= 0.3 is 5.97 Å². The monoisotopic (exact) mass is 442 g/mol. The van der Waals surface area contributed by atoms with Crippen LogP contribution >= 0.6 is 0 Å². The fourth-order valence-corrected chi connectivity index (χ4v) is 2.96. The highest BCUT2D eigenvalue weighted by molar-refractivity contribution is 5.93. The van der Waals surface area contributed by atoms with E-state index < -0.39 is 41.8 Å². The van der Waals surface area contributed by atoms with Crippen LogP contribution in [-0.2, 0) is 19.2 Å². The summed E-state index contributed by atoms with van der Waals surface area (Å²) in [4.78, 5) is 52.4. The van der Waals surface area contributed by atoms with Crippen LogP contribution in [0.5, 0.6) is 0 Å². The van der Waals surface area contributed by atoms with Crippen LogP contribution in [0, 0.1) is 11.8 Å². The highest BCUT2D eigenvalue weighted by Gasteiger charge is 2.29. The molecule has 3 amide bonds. The van der Waals surface area contributed by atoms with Gasteiger partial charge in [-0.05, 0) is 37.5 Å². The summed E-state index contributed by atoms with van der Waals surface area (Å²) in [5, 5.41) is 17.1. The Hall–Kier alpha value is -2.85. The molecule has 0 heterocycles. The maximum atomic E-state index is 12.8. The third-order valence-electron chi connectivity index (χ3n) is 4.30. The number of nitrogens with zero attached hydrogens (tertiary/aromatic N) is 1. The highest BCUT2D eigenvalue weighted by Crippen LogP contribution is 2.10. The molecule has 0 aliphatic heterocycles. The number of carboxylic acid groups (broad SMARTS) is 1. The summed E-state index contributed by atoms with van der Waals surface area (Å²) in [6.07, 6.45) is 1.28. The summed E-state index contributed by atoms with van der Waals surface area (Å²) in [5.74, 6) is -2.57. The largest absolute Gasteiger partial charge is 0.480 e. The molecule has 0 aliphatic rings. The van der Waals surface area contributed by atoms with Crippen molar-refractivity contribution in [3.63, 3.8) is 0 Å². The number of carbonyl (C=O) groups excluding carboxylic acids is 3. The zero-order chi connectivity index (χ0) is 24.1. The summed E-state index contributed by atoms with van der Waals surface area (Å²) in [5.41, 5.74) is 10.6. The Balaban J connectivity index is 5.30. The van der Waals surface area contributed by atoms with Crippen LogP contribution in [0.3, 0.4) is 0 Å². The van der Waals surface area contributed by atoms with Crippen molar-refractivity contribution in [2.45, 2.75) is 78.4 Å². The van der Waals surface area contributed by atoms with E-state index in [1.807, 2.05) is 27.7 Å². The van der Waals surface area contributed by atoms with Gasteiger partial charge in [0.25, 0.3) is 0 Å². The van der Waals surface area contributed by atoms with Crippen molar-refractivity contribution in [3.05, 3.63) is 0 Å². The van der Waals surface area contributed by atoms with Crippen LogP contribution in [0.25, 0.3) is 0 Å². The standard InChI is InChI=1S/C20H38N6O5/c1-11(2)9-15(18(29)26-16(19(30)31)10-12(3)4)25-17(28)14(24-13(5)27)7-6-8-23-20(21)22/h11-12,14-16H,6-10H2,1-5H3,(H,24,27)(H,25,28)(H,26,29)(H,30,31)(H4,21,22,23)/t14-,15-,16-/m0/s1. The van der Waals surface area contributed by atoms with E-state index in [0.29, 0.717) is 12.8 Å². The van der Waals surface area contributed by atoms with Gasteiger partial charge in [-0.1, -0.05) is 27.7 Å². The Morgan fingerprint density at radius 3 is 1.77 bits per heavy atom. The van der Waals surface area contributed by atoms with E-state index in [-0.39, 0.29) is 37.2 Å². The molecule has 178 valence electrons. The van der Waals surface area contributed by atoms with E-state index in [0.717, 1.165) is 0 Å². The number of nitrogens with one attached hydrogen (secondary N) is 3. The van der Waals surface area contributed by atoms with Crippen LogP contribution in [0.2, 0.25) is 0 Å². The van der Waals surface area contributed by atoms with Crippen molar-refractivity contribution in [1.29, 1.82) is 0 Å². The topological polar surface area (TPSA) is 189 Å². The van der Waals surface area contributed by atoms with Crippen molar-refractivity contribution in [1.82, 2.24) is 16.0 Å². The number of nitrogens with two attached hydrogens (primary N) is 2. The third kappa shape index (κ3) is 13.1. The first-order valence-electron chi connectivity index (χ1n) is 10.5. The fraction of sp³-hybridized carbons (Fsp3) is 0.750. The maximum absolute atomic E-state index is 12.8. The van der Waals surface area contributed by atoms with E-state index in [1.165, 1.54) is 6.92 Å². The summed E-state index contributed by atoms with van der Waals surface area (Å²) >= 11 is 0. The number of hydrogen-bond acceptors (Lipinski definition) is 5. The van der Waals surface area contributed by atoms with Gasteiger partial charge in [0.15, 0.2) is 5.96 Å². The molecule has 0 aromatic carbocycles. The molecule has 0 radical (unpaired) electrons. The normalized spacial score (nSPS) is 13.8. The number of hydrogen-bond donors (Lipinski definition) is 6. The summed E-state index contributed by atoms with van der Waals surface area (Å²) in [7, 11) is 0. The van der Waals surface area contributed by atoms with E-state index in [2.05, 4.69) is 20.9 Å². The molecule has 0 unspecified atom stereocenters.